The van der Waals surface area contributed by atoms with Crippen LogP contribution in [0.4, 0.5) is 5.95 Å². The molecule has 0 aliphatic rings. The monoisotopic (exact) mass is 434 g/mol. The standard InChI is InChI=1S/C25H34N6O/c1-5-7-10-19(6-2)23(32)30-24(31-25-28-17(3)15-18(4)29-25)26-14-13-20-16-27-22-12-9-8-11-21(20)22/h8-9,11-12,15-16,19,27H,5-7,10,13-14H2,1-4H3,(H2,26,28,29,30,31,32). The molecule has 0 saturated heterocycles. The molecule has 2 heterocycles. The number of anilines is 1. The molecule has 3 rings (SSSR count). The van der Waals surface area contributed by atoms with E-state index in [1.807, 2.05) is 45.2 Å². The highest BCUT2D eigenvalue weighted by Crippen LogP contribution is 2.18. The second kappa shape index (κ2) is 11.4. The summed E-state index contributed by atoms with van der Waals surface area (Å²) in [5, 5.41) is 7.32. The van der Waals surface area contributed by atoms with Gasteiger partial charge in [-0.2, -0.15) is 0 Å². The first-order chi connectivity index (χ1) is 15.5. The van der Waals surface area contributed by atoms with Crippen LogP contribution >= 0.6 is 0 Å². The van der Waals surface area contributed by atoms with Crippen molar-refractivity contribution in [2.24, 2.45) is 10.9 Å². The minimum atomic E-state index is -0.0317. The highest BCUT2D eigenvalue weighted by molar-refractivity contribution is 6.04. The molecule has 3 aromatic rings. The smallest absolute Gasteiger partial charge is 0.229 e. The van der Waals surface area contributed by atoms with E-state index in [0.29, 0.717) is 18.5 Å². The van der Waals surface area contributed by atoms with Crippen molar-refractivity contribution in [3.8, 4) is 0 Å². The number of aliphatic imine (C=N–C) groups is 1. The molecule has 1 amide bonds. The maximum Gasteiger partial charge on any atom is 0.229 e. The van der Waals surface area contributed by atoms with Crippen LogP contribution in [0, 0.1) is 19.8 Å². The van der Waals surface area contributed by atoms with Gasteiger partial charge >= 0.3 is 0 Å². The van der Waals surface area contributed by atoms with Gasteiger partial charge in [0.05, 0.1) is 0 Å². The van der Waals surface area contributed by atoms with Gasteiger partial charge in [0.2, 0.25) is 17.8 Å². The van der Waals surface area contributed by atoms with Crippen LogP contribution < -0.4 is 10.6 Å². The topological polar surface area (TPSA) is 95.1 Å². The van der Waals surface area contributed by atoms with Crippen LogP contribution in [0.1, 0.15) is 56.5 Å². The number of hydrogen-bond acceptors (Lipinski definition) is 4. The Labute approximate surface area is 190 Å². The van der Waals surface area contributed by atoms with E-state index < -0.39 is 0 Å². The lowest BCUT2D eigenvalue weighted by Crippen LogP contribution is -2.40. The molecule has 0 aliphatic heterocycles. The van der Waals surface area contributed by atoms with E-state index in [-0.39, 0.29) is 11.8 Å². The van der Waals surface area contributed by atoms with Gasteiger partial charge in [-0.25, -0.2) is 9.97 Å². The molecule has 0 bridgehead atoms. The molecule has 2 aromatic heterocycles. The highest BCUT2D eigenvalue weighted by atomic mass is 16.2. The van der Waals surface area contributed by atoms with Crippen molar-refractivity contribution < 1.29 is 4.79 Å². The number of nitrogens with zero attached hydrogens (tertiary/aromatic N) is 3. The van der Waals surface area contributed by atoms with Crippen molar-refractivity contribution in [2.45, 2.75) is 59.8 Å². The Morgan fingerprint density at radius 3 is 2.62 bits per heavy atom. The summed E-state index contributed by atoms with van der Waals surface area (Å²) in [5.41, 5.74) is 4.04. The quantitative estimate of drug-likeness (QED) is 0.329. The first-order valence-electron chi connectivity index (χ1n) is 11.5. The summed E-state index contributed by atoms with van der Waals surface area (Å²) in [6.45, 7) is 8.56. The number of fused-ring (bicyclic) bond motifs is 1. The number of amides is 1. The Kier molecular flexibility index (Phi) is 8.36. The molecule has 0 spiro atoms. The van der Waals surface area contributed by atoms with E-state index in [1.54, 1.807) is 0 Å². The van der Waals surface area contributed by atoms with E-state index in [0.717, 1.165) is 49.0 Å². The SMILES string of the molecule is CCCCC(CC)C(=O)NC(=NCCc1c[nH]c2ccccc12)Nc1nc(C)cc(C)n1. The zero-order chi connectivity index (χ0) is 22.9. The Hall–Kier alpha value is -3.22. The maximum atomic E-state index is 12.9. The number of guanidine groups is 1. The fraction of sp³-hybridized carbons (Fsp3) is 0.440. The Bertz CT molecular complexity index is 1050. The summed E-state index contributed by atoms with van der Waals surface area (Å²) in [6, 6.07) is 10.1. The second-order valence-electron chi connectivity index (χ2n) is 8.18. The summed E-state index contributed by atoms with van der Waals surface area (Å²) in [6.07, 6.45) is 6.56. The van der Waals surface area contributed by atoms with Crippen LogP contribution in [0.25, 0.3) is 10.9 Å². The van der Waals surface area contributed by atoms with Gasteiger partial charge in [-0.15, -0.1) is 0 Å². The predicted molar refractivity (Wildman–Crippen MR) is 131 cm³/mol. The molecular weight excluding hydrogens is 400 g/mol. The lowest BCUT2D eigenvalue weighted by molar-refractivity contribution is -0.123. The number of aromatic amines is 1. The number of para-hydroxylation sites is 1. The van der Waals surface area contributed by atoms with Crippen LogP contribution in [0.3, 0.4) is 0 Å². The zero-order valence-electron chi connectivity index (χ0n) is 19.5. The third-order valence-electron chi connectivity index (χ3n) is 5.55. The molecule has 170 valence electrons. The number of unbranched alkanes of at least 4 members (excludes halogenated alkanes) is 1. The van der Waals surface area contributed by atoms with Crippen LogP contribution in [0.5, 0.6) is 0 Å². The van der Waals surface area contributed by atoms with Crippen LogP contribution in [0.15, 0.2) is 41.5 Å². The van der Waals surface area contributed by atoms with Gasteiger partial charge in [0.1, 0.15) is 0 Å². The molecule has 0 radical (unpaired) electrons. The van der Waals surface area contributed by atoms with Crippen molar-refractivity contribution >= 4 is 28.7 Å². The normalized spacial score (nSPS) is 12.7. The highest BCUT2D eigenvalue weighted by Gasteiger charge is 2.18. The predicted octanol–water partition coefficient (Wildman–Crippen LogP) is 4.92. The molecule has 7 heteroatoms. The zero-order valence-corrected chi connectivity index (χ0v) is 19.5. The van der Waals surface area contributed by atoms with Gasteiger partial charge in [-0.1, -0.05) is 44.9 Å². The van der Waals surface area contributed by atoms with Crippen LogP contribution in [0.2, 0.25) is 0 Å². The van der Waals surface area contributed by atoms with Gasteiger partial charge in [0.25, 0.3) is 0 Å². The van der Waals surface area contributed by atoms with Gasteiger partial charge in [0, 0.05) is 41.0 Å². The minimum absolute atomic E-state index is 0.0105. The molecule has 1 atom stereocenters. The van der Waals surface area contributed by atoms with Gasteiger partial charge < -0.3 is 4.98 Å². The Morgan fingerprint density at radius 1 is 1.16 bits per heavy atom. The minimum Gasteiger partial charge on any atom is -0.361 e. The number of aromatic nitrogens is 3. The lowest BCUT2D eigenvalue weighted by atomic mass is 9.98. The number of hydrogen-bond donors (Lipinski definition) is 3. The van der Waals surface area contributed by atoms with Crippen molar-refractivity contribution in [2.75, 3.05) is 11.9 Å². The number of rotatable bonds is 9. The maximum absolute atomic E-state index is 12.9. The number of nitrogens with one attached hydrogen (secondary N) is 3. The number of carbonyl (C=O) groups is 1. The fourth-order valence-electron chi connectivity index (χ4n) is 3.81. The molecule has 1 unspecified atom stereocenters. The van der Waals surface area contributed by atoms with Gasteiger partial charge in [0.15, 0.2) is 0 Å². The molecule has 7 nitrogen and oxygen atoms in total. The van der Waals surface area contributed by atoms with Crippen LogP contribution in [-0.2, 0) is 11.2 Å². The van der Waals surface area contributed by atoms with Crippen molar-refractivity contribution in [1.29, 1.82) is 0 Å². The molecular formula is C25H34N6O. The summed E-state index contributed by atoms with van der Waals surface area (Å²) in [7, 11) is 0. The Morgan fingerprint density at radius 2 is 1.91 bits per heavy atom. The number of benzene rings is 1. The van der Waals surface area contributed by atoms with E-state index in [9.17, 15) is 4.79 Å². The molecule has 0 fully saturated rings. The second-order valence-corrected chi connectivity index (χ2v) is 8.18. The summed E-state index contributed by atoms with van der Waals surface area (Å²) < 4.78 is 0. The van der Waals surface area contributed by atoms with Crippen molar-refractivity contribution in [1.82, 2.24) is 20.3 Å². The first kappa shape index (κ1) is 23.4. The number of aryl methyl sites for hydroxylation is 2. The summed E-state index contributed by atoms with van der Waals surface area (Å²) >= 11 is 0. The third kappa shape index (κ3) is 6.39. The van der Waals surface area contributed by atoms with Gasteiger partial charge in [-0.05, 0) is 50.8 Å². The largest absolute Gasteiger partial charge is 0.361 e. The molecule has 0 aliphatic carbocycles. The number of H-pyrrole nitrogens is 1. The molecule has 1 aromatic carbocycles. The first-order valence-corrected chi connectivity index (χ1v) is 11.5. The number of carbonyl (C=O) groups excluding carboxylic acids is 1. The van der Waals surface area contributed by atoms with E-state index in [2.05, 4.69) is 49.6 Å². The Balaban J connectivity index is 1.76. The van der Waals surface area contributed by atoms with E-state index >= 15 is 0 Å². The third-order valence-corrected chi connectivity index (χ3v) is 5.55. The average molecular weight is 435 g/mol. The van der Waals surface area contributed by atoms with Gasteiger partial charge in [-0.3, -0.25) is 20.4 Å². The fourth-order valence-corrected chi connectivity index (χ4v) is 3.81. The molecule has 32 heavy (non-hydrogen) atoms. The lowest BCUT2D eigenvalue weighted by Gasteiger charge is -2.16. The van der Waals surface area contributed by atoms with E-state index in [1.165, 1.54) is 10.9 Å². The van der Waals surface area contributed by atoms with Crippen LogP contribution in [-0.4, -0.2) is 33.4 Å². The summed E-state index contributed by atoms with van der Waals surface area (Å²) in [4.78, 5) is 29.7. The van der Waals surface area contributed by atoms with Crippen molar-refractivity contribution in [3.05, 3.63) is 53.5 Å². The van der Waals surface area contributed by atoms with Crippen molar-refractivity contribution in [3.63, 3.8) is 0 Å². The average Bonchev–Trinajstić information content (AvgIpc) is 3.16. The van der Waals surface area contributed by atoms with E-state index in [4.69, 9.17) is 0 Å². The molecule has 0 saturated carbocycles. The molecule has 3 N–H and O–H groups in total. The summed E-state index contributed by atoms with van der Waals surface area (Å²) in [5.74, 6) is 0.796.